The first-order valence-corrected chi connectivity index (χ1v) is 5.21. The van der Waals surface area contributed by atoms with E-state index in [4.69, 9.17) is 15.2 Å². The average molecular weight is 199 g/mol. The lowest BCUT2D eigenvalue weighted by molar-refractivity contribution is -0.131. The van der Waals surface area contributed by atoms with Gasteiger partial charge in [0.05, 0.1) is 12.1 Å². The maximum atomic E-state index is 12.1. The number of ether oxygens (including phenoxy) is 2. The van der Waals surface area contributed by atoms with Crippen LogP contribution in [0, 0.1) is 5.92 Å². The molecule has 2 heterocycles. The molecule has 0 aromatic rings. The van der Waals surface area contributed by atoms with Crippen molar-refractivity contribution < 1.29 is 14.3 Å². The zero-order chi connectivity index (χ0) is 10.0. The van der Waals surface area contributed by atoms with E-state index in [1.54, 1.807) is 0 Å². The van der Waals surface area contributed by atoms with Crippen molar-refractivity contribution in [2.45, 2.75) is 24.8 Å². The van der Waals surface area contributed by atoms with Crippen LogP contribution in [0.25, 0.3) is 0 Å². The van der Waals surface area contributed by atoms with Crippen LogP contribution in [0.15, 0.2) is 0 Å². The Morgan fingerprint density at radius 3 is 2.50 bits per heavy atom. The third-order valence-corrected chi connectivity index (χ3v) is 3.18. The summed E-state index contributed by atoms with van der Waals surface area (Å²) in [7, 11) is 0. The van der Waals surface area contributed by atoms with Crippen molar-refractivity contribution in [1.29, 1.82) is 0 Å². The first-order valence-electron chi connectivity index (χ1n) is 5.21. The molecule has 2 fully saturated rings. The van der Waals surface area contributed by atoms with Gasteiger partial charge in [-0.25, -0.2) is 0 Å². The van der Waals surface area contributed by atoms with E-state index in [2.05, 4.69) is 0 Å². The lowest BCUT2D eigenvalue weighted by Crippen LogP contribution is -2.54. The van der Waals surface area contributed by atoms with E-state index in [9.17, 15) is 4.79 Å². The van der Waals surface area contributed by atoms with Gasteiger partial charge in [-0.15, -0.1) is 0 Å². The highest BCUT2D eigenvalue weighted by Crippen LogP contribution is 2.26. The zero-order valence-corrected chi connectivity index (χ0v) is 8.33. The minimum atomic E-state index is -0.642. The molecule has 0 aliphatic carbocycles. The minimum absolute atomic E-state index is 0.0260. The minimum Gasteiger partial charge on any atom is -0.381 e. The van der Waals surface area contributed by atoms with Crippen molar-refractivity contribution in [3.05, 3.63) is 0 Å². The van der Waals surface area contributed by atoms with E-state index in [1.807, 2.05) is 0 Å². The number of hydrogen-bond donors (Lipinski definition) is 1. The van der Waals surface area contributed by atoms with Crippen molar-refractivity contribution in [2.24, 2.45) is 11.7 Å². The monoisotopic (exact) mass is 199 g/mol. The van der Waals surface area contributed by atoms with E-state index in [0.29, 0.717) is 39.3 Å². The Labute approximate surface area is 83.7 Å². The Morgan fingerprint density at radius 2 is 1.93 bits per heavy atom. The van der Waals surface area contributed by atoms with Crippen molar-refractivity contribution >= 4 is 5.78 Å². The Kier molecular flexibility index (Phi) is 2.85. The van der Waals surface area contributed by atoms with Gasteiger partial charge in [-0.2, -0.15) is 0 Å². The van der Waals surface area contributed by atoms with Crippen molar-refractivity contribution in [2.75, 3.05) is 26.4 Å². The van der Waals surface area contributed by atoms with Crippen LogP contribution in [0.2, 0.25) is 0 Å². The molecule has 80 valence electrons. The summed E-state index contributed by atoms with van der Waals surface area (Å²) in [6.45, 7) is 2.47. The van der Waals surface area contributed by atoms with Gasteiger partial charge in [0, 0.05) is 25.7 Å². The van der Waals surface area contributed by atoms with Gasteiger partial charge >= 0.3 is 0 Å². The van der Waals surface area contributed by atoms with Crippen molar-refractivity contribution in [3.8, 4) is 0 Å². The number of nitrogens with two attached hydrogens (primary N) is 1. The molecule has 1 atom stereocenters. The van der Waals surface area contributed by atoms with Gasteiger partial charge in [0.25, 0.3) is 0 Å². The quantitative estimate of drug-likeness (QED) is 0.685. The molecule has 1 unspecified atom stereocenters. The van der Waals surface area contributed by atoms with E-state index in [1.165, 1.54) is 0 Å². The summed E-state index contributed by atoms with van der Waals surface area (Å²) in [6, 6.07) is 0. The lowest BCUT2D eigenvalue weighted by atomic mass is 9.80. The maximum Gasteiger partial charge on any atom is 0.158 e. The highest BCUT2D eigenvalue weighted by atomic mass is 16.5. The Morgan fingerprint density at radius 1 is 1.21 bits per heavy atom. The van der Waals surface area contributed by atoms with E-state index < -0.39 is 5.54 Å². The van der Waals surface area contributed by atoms with E-state index in [-0.39, 0.29) is 11.7 Å². The molecule has 2 rings (SSSR count). The van der Waals surface area contributed by atoms with Gasteiger partial charge < -0.3 is 15.2 Å². The summed E-state index contributed by atoms with van der Waals surface area (Å²) in [6.07, 6.45) is 2.14. The number of carbonyl (C=O) groups is 1. The molecular formula is C10H17NO3. The smallest absolute Gasteiger partial charge is 0.158 e. The summed E-state index contributed by atoms with van der Waals surface area (Å²) < 4.78 is 10.4. The highest BCUT2D eigenvalue weighted by Gasteiger charge is 2.40. The first kappa shape index (κ1) is 10.1. The summed E-state index contributed by atoms with van der Waals surface area (Å²) in [5, 5.41) is 0. The normalized spacial score (nSPS) is 31.6. The maximum absolute atomic E-state index is 12.1. The molecule has 4 heteroatoms. The molecule has 2 N–H and O–H groups in total. The lowest BCUT2D eigenvalue weighted by Gasteiger charge is -2.33. The fraction of sp³-hybridized carbons (Fsp3) is 0.900. The Balaban J connectivity index is 2.00. The van der Waals surface area contributed by atoms with Crippen LogP contribution in [0.3, 0.4) is 0 Å². The van der Waals surface area contributed by atoms with Gasteiger partial charge in [0.2, 0.25) is 0 Å². The number of carbonyl (C=O) groups excluding carboxylic acids is 1. The molecule has 2 aliphatic rings. The molecule has 0 aromatic heterocycles. The predicted molar refractivity (Wildman–Crippen MR) is 50.9 cm³/mol. The van der Waals surface area contributed by atoms with Gasteiger partial charge in [-0.05, 0) is 19.3 Å². The summed E-state index contributed by atoms with van der Waals surface area (Å²) in [5.41, 5.74) is 5.46. The molecule has 0 saturated carbocycles. The molecule has 0 spiro atoms. The number of rotatable bonds is 2. The second-order valence-electron chi connectivity index (χ2n) is 4.19. The van der Waals surface area contributed by atoms with E-state index >= 15 is 0 Å². The highest BCUT2D eigenvalue weighted by molar-refractivity contribution is 5.90. The van der Waals surface area contributed by atoms with E-state index in [0.717, 1.165) is 6.42 Å². The predicted octanol–water partition coefficient (Wildman–Crippen LogP) is 0.0999. The van der Waals surface area contributed by atoms with Crippen LogP contribution < -0.4 is 5.73 Å². The SMILES string of the molecule is NC1(C(=O)C2CCOC2)CCOCC1. The zero-order valence-electron chi connectivity index (χ0n) is 8.33. The molecule has 0 bridgehead atoms. The van der Waals surface area contributed by atoms with Crippen molar-refractivity contribution in [3.63, 3.8) is 0 Å². The number of hydrogen-bond acceptors (Lipinski definition) is 4. The Bertz CT molecular complexity index is 217. The standard InChI is InChI=1S/C10H17NO3/c11-10(2-5-13-6-3-10)9(12)8-1-4-14-7-8/h8H,1-7,11H2. The van der Waals surface area contributed by atoms with Crippen LogP contribution in [0.5, 0.6) is 0 Å². The fourth-order valence-corrected chi connectivity index (χ4v) is 2.13. The van der Waals surface area contributed by atoms with Crippen LogP contribution in [0.1, 0.15) is 19.3 Å². The molecule has 0 aromatic carbocycles. The third-order valence-electron chi connectivity index (χ3n) is 3.18. The average Bonchev–Trinajstić information content (AvgIpc) is 2.70. The number of ketones is 1. The van der Waals surface area contributed by atoms with Crippen LogP contribution in [-0.4, -0.2) is 37.7 Å². The van der Waals surface area contributed by atoms with Gasteiger partial charge in [0.1, 0.15) is 0 Å². The van der Waals surface area contributed by atoms with Gasteiger partial charge in [0.15, 0.2) is 5.78 Å². The molecule has 2 saturated heterocycles. The van der Waals surface area contributed by atoms with Gasteiger partial charge in [-0.3, -0.25) is 4.79 Å². The molecule has 0 amide bonds. The summed E-state index contributed by atoms with van der Waals surface area (Å²) in [5.74, 6) is 0.205. The molecule has 2 aliphatic heterocycles. The summed E-state index contributed by atoms with van der Waals surface area (Å²) >= 11 is 0. The van der Waals surface area contributed by atoms with Crippen LogP contribution in [0.4, 0.5) is 0 Å². The second kappa shape index (κ2) is 3.96. The fourth-order valence-electron chi connectivity index (χ4n) is 2.13. The summed E-state index contributed by atoms with van der Waals surface area (Å²) in [4.78, 5) is 12.1. The Hall–Kier alpha value is -0.450. The second-order valence-corrected chi connectivity index (χ2v) is 4.19. The van der Waals surface area contributed by atoms with Crippen LogP contribution in [-0.2, 0) is 14.3 Å². The number of Topliss-reactive ketones (excluding diaryl/α,β-unsaturated/α-hetero) is 1. The van der Waals surface area contributed by atoms with Crippen molar-refractivity contribution in [1.82, 2.24) is 0 Å². The van der Waals surface area contributed by atoms with Crippen LogP contribution >= 0.6 is 0 Å². The molecular weight excluding hydrogens is 182 g/mol. The third kappa shape index (κ3) is 1.82. The molecule has 0 radical (unpaired) electrons. The van der Waals surface area contributed by atoms with Gasteiger partial charge in [-0.1, -0.05) is 0 Å². The molecule has 14 heavy (non-hydrogen) atoms. The molecule has 4 nitrogen and oxygen atoms in total. The first-order chi connectivity index (χ1) is 6.72. The topological polar surface area (TPSA) is 61.6 Å². The largest absolute Gasteiger partial charge is 0.381 e.